The first-order chi connectivity index (χ1) is 14.1. The minimum Gasteiger partial charge on any atom is -0.359 e. The zero-order valence-corrected chi connectivity index (χ0v) is 16.5. The quantitative estimate of drug-likeness (QED) is 0.611. The van der Waals surface area contributed by atoms with E-state index in [0.717, 1.165) is 30.8 Å². The van der Waals surface area contributed by atoms with Crippen molar-refractivity contribution in [2.45, 2.75) is 31.5 Å². The second-order valence-corrected chi connectivity index (χ2v) is 7.63. The first-order valence-electron chi connectivity index (χ1n) is 10.2. The molecule has 4 rings (SSSR count). The van der Waals surface area contributed by atoms with E-state index in [1.807, 2.05) is 6.07 Å². The minimum atomic E-state index is -2.13. The zero-order valence-electron chi connectivity index (χ0n) is 16.5. The van der Waals surface area contributed by atoms with Gasteiger partial charge >= 0.3 is 6.03 Å². The number of benzene rings is 2. The topological polar surface area (TPSA) is 86.1 Å². The molecule has 2 aliphatic heterocycles. The summed E-state index contributed by atoms with van der Waals surface area (Å²) in [6, 6.07) is 15.4. The van der Waals surface area contributed by atoms with Crippen molar-refractivity contribution < 1.29 is 19.6 Å². The van der Waals surface area contributed by atoms with Crippen LogP contribution >= 0.6 is 0 Å². The van der Waals surface area contributed by atoms with Crippen LogP contribution in [0.2, 0.25) is 0 Å². The lowest BCUT2D eigenvalue weighted by Crippen LogP contribution is -3.14. The fourth-order valence-electron chi connectivity index (χ4n) is 4.47. The molecular formula is C22H27N4O3+. The Morgan fingerprint density at radius 3 is 2.72 bits per heavy atom. The predicted octanol–water partition coefficient (Wildman–Crippen LogP) is 1.07. The van der Waals surface area contributed by atoms with Gasteiger partial charge in [-0.05, 0) is 25.1 Å². The van der Waals surface area contributed by atoms with E-state index in [0.29, 0.717) is 29.5 Å². The monoisotopic (exact) mass is 395 g/mol. The first-order valence-corrected chi connectivity index (χ1v) is 10.2. The molecule has 0 aromatic heterocycles. The van der Waals surface area contributed by atoms with Crippen LogP contribution in [-0.4, -0.2) is 42.7 Å². The molecule has 2 heterocycles. The van der Waals surface area contributed by atoms with Crippen LogP contribution in [-0.2, 0) is 10.5 Å². The van der Waals surface area contributed by atoms with Crippen LogP contribution in [0.15, 0.2) is 54.6 Å². The predicted molar refractivity (Wildman–Crippen MR) is 111 cm³/mol. The molecule has 2 aromatic carbocycles. The van der Waals surface area contributed by atoms with Gasteiger partial charge in [0.25, 0.3) is 11.6 Å². The standard InChI is InChI=1S/C22H26N4O3/c1-2-25-14-8-11-17(25)15-23-20(27)22(29)18-12-6-7-13-19(18)24-21(28)26(22)16-9-4-3-5-10-16/h3-7,9-10,12-13,17,29H,2,8,11,14-15H2,1H3,(H,23,27)(H,24,28)/p+1. The number of likely N-dealkylation sites (tertiary alicyclic amines) is 1. The van der Waals surface area contributed by atoms with Crippen LogP contribution in [0.25, 0.3) is 0 Å². The van der Waals surface area contributed by atoms with E-state index >= 15 is 0 Å². The highest BCUT2D eigenvalue weighted by molar-refractivity contribution is 6.11. The number of quaternary nitrogens is 1. The number of fused-ring (bicyclic) bond motifs is 1. The molecule has 2 aromatic rings. The van der Waals surface area contributed by atoms with Crippen molar-refractivity contribution in [3.05, 3.63) is 60.2 Å². The van der Waals surface area contributed by atoms with Gasteiger partial charge in [-0.2, -0.15) is 0 Å². The second-order valence-electron chi connectivity index (χ2n) is 7.63. The summed E-state index contributed by atoms with van der Waals surface area (Å²) >= 11 is 0. The molecule has 1 saturated heterocycles. The maximum absolute atomic E-state index is 13.4. The molecule has 0 saturated carbocycles. The number of carbonyl (C=O) groups excluding carboxylic acids is 2. The highest BCUT2D eigenvalue weighted by atomic mass is 16.3. The van der Waals surface area contributed by atoms with Crippen LogP contribution in [0.1, 0.15) is 25.3 Å². The number of para-hydroxylation sites is 2. The number of nitrogens with one attached hydrogen (secondary N) is 3. The van der Waals surface area contributed by atoms with Crippen molar-refractivity contribution in [2.75, 3.05) is 29.9 Å². The van der Waals surface area contributed by atoms with Crippen LogP contribution in [0.4, 0.5) is 16.2 Å². The summed E-state index contributed by atoms with van der Waals surface area (Å²) in [5, 5.41) is 17.4. The van der Waals surface area contributed by atoms with Gasteiger partial charge in [0.2, 0.25) is 0 Å². The Morgan fingerprint density at radius 1 is 1.24 bits per heavy atom. The Hall–Kier alpha value is -2.90. The van der Waals surface area contributed by atoms with Crippen LogP contribution in [0, 0.1) is 0 Å². The molecule has 7 heteroatoms. The number of hydrogen-bond donors (Lipinski definition) is 4. The molecular weight excluding hydrogens is 368 g/mol. The molecule has 0 spiro atoms. The Balaban J connectivity index is 1.69. The number of hydrogen-bond acceptors (Lipinski definition) is 3. The van der Waals surface area contributed by atoms with Gasteiger partial charge in [0.05, 0.1) is 25.3 Å². The second kappa shape index (κ2) is 7.85. The third kappa shape index (κ3) is 3.36. The lowest BCUT2D eigenvalue weighted by molar-refractivity contribution is -0.909. The highest BCUT2D eigenvalue weighted by Crippen LogP contribution is 2.39. The molecule has 2 aliphatic rings. The normalized spacial score (nSPS) is 26.0. The molecule has 0 radical (unpaired) electrons. The van der Waals surface area contributed by atoms with Crippen molar-refractivity contribution >= 4 is 23.3 Å². The van der Waals surface area contributed by atoms with Gasteiger partial charge < -0.3 is 20.6 Å². The summed E-state index contributed by atoms with van der Waals surface area (Å²) in [6.45, 7) is 4.72. The van der Waals surface area contributed by atoms with Gasteiger partial charge in [0.15, 0.2) is 0 Å². The third-order valence-corrected chi connectivity index (χ3v) is 5.99. The molecule has 3 amide bonds. The Labute approximate surface area is 170 Å². The van der Waals surface area contributed by atoms with Crippen molar-refractivity contribution in [3.8, 4) is 0 Å². The maximum atomic E-state index is 13.4. The number of urea groups is 1. The summed E-state index contributed by atoms with van der Waals surface area (Å²) in [7, 11) is 0. The summed E-state index contributed by atoms with van der Waals surface area (Å²) in [5.41, 5.74) is -0.902. The minimum absolute atomic E-state index is 0.324. The summed E-state index contributed by atoms with van der Waals surface area (Å²) < 4.78 is 0. The lowest BCUT2D eigenvalue weighted by atomic mass is 9.94. The van der Waals surface area contributed by atoms with E-state index in [-0.39, 0.29) is 0 Å². The highest BCUT2D eigenvalue weighted by Gasteiger charge is 2.52. The fraction of sp³-hybridized carbons (Fsp3) is 0.364. The van der Waals surface area contributed by atoms with Crippen molar-refractivity contribution in [1.82, 2.24) is 5.32 Å². The summed E-state index contributed by atoms with van der Waals surface area (Å²) in [5.74, 6) is -0.592. The van der Waals surface area contributed by atoms with E-state index in [1.165, 1.54) is 4.90 Å². The fourth-order valence-corrected chi connectivity index (χ4v) is 4.47. The lowest BCUT2D eigenvalue weighted by Gasteiger charge is -2.42. The number of rotatable bonds is 5. The molecule has 3 unspecified atom stereocenters. The van der Waals surface area contributed by atoms with Gasteiger partial charge in [0.1, 0.15) is 6.04 Å². The SMILES string of the molecule is CC[NH+]1CCCC1CNC(=O)C1(O)c2ccccc2NC(=O)N1c1ccccc1. The Bertz CT molecular complexity index is 904. The molecule has 7 nitrogen and oxygen atoms in total. The van der Waals surface area contributed by atoms with E-state index in [2.05, 4.69) is 17.6 Å². The molecule has 29 heavy (non-hydrogen) atoms. The molecule has 0 bridgehead atoms. The van der Waals surface area contributed by atoms with E-state index in [4.69, 9.17) is 0 Å². The van der Waals surface area contributed by atoms with Crippen LogP contribution in [0.3, 0.4) is 0 Å². The van der Waals surface area contributed by atoms with Gasteiger partial charge in [-0.15, -0.1) is 0 Å². The number of amides is 3. The average Bonchev–Trinajstić information content (AvgIpc) is 3.20. The average molecular weight is 395 g/mol. The van der Waals surface area contributed by atoms with Gasteiger partial charge in [-0.25, -0.2) is 4.79 Å². The molecule has 0 aliphatic carbocycles. The zero-order chi connectivity index (χ0) is 20.4. The summed E-state index contributed by atoms with van der Waals surface area (Å²) in [6.07, 6.45) is 2.18. The van der Waals surface area contributed by atoms with Gasteiger partial charge in [-0.1, -0.05) is 36.4 Å². The maximum Gasteiger partial charge on any atom is 0.329 e. The van der Waals surface area contributed by atoms with E-state index in [1.54, 1.807) is 48.5 Å². The Morgan fingerprint density at radius 2 is 1.97 bits per heavy atom. The number of aliphatic hydroxyl groups is 1. The smallest absolute Gasteiger partial charge is 0.329 e. The van der Waals surface area contributed by atoms with Crippen LogP contribution < -0.4 is 20.4 Å². The third-order valence-electron chi connectivity index (χ3n) is 5.99. The van der Waals surface area contributed by atoms with Gasteiger partial charge in [-0.3, -0.25) is 9.69 Å². The van der Waals surface area contributed by atoms with E-state index < -0.39 is 17.7 Å². The number of nitrogens with zero attached hydrogens (tertiary/aromatic N) is 1. The first kappa shape index (κ1) is 19.4. The number of carbonyl (C=O) groups is 2. The Kier molecular flexibility index (Phi) is 5.25. The molecule has 1 fully saturated rings. The number of likely N-dealkylation sites (N-methyl/N-ethyl adjacent to an activating group) is 1. The summed E-state index contributed by atoms with van der Waals surface area (Å²) in [4.78, 5) is 28.9. The van der Waals surface area contributed by atoms with Crippen LogP contribution in [0.5, 0.6) is 0 Å². The number of anilines is 2. The van der Waals surface area contributed by atoms with Gasteiger partial charge in [0, 0.05) is 24.1 Å². The largest absolute Gasteiger partial charge is 0.359 e. The molecule has 4 N–H and O–H groups in total. The molecule has 3 atom stereocenters. The van der Waals surface area contributed by atoms with Crippen molar-refractivity contribution in [3.63, 3.8) is 0 Å². The molecule has 152 valence electrons. The van der Waals surface area contributed by atoms with Crippen molar-refractivity contribution in [1.29, 1.82) is 0 Å². The van der Waals surface area contributed by atoms with Crippen molar-refractivity contribution in [2.24, 2.45) is 0 Å². The van der Waals surface area contributed by atoms with E-state index in [9.17, 15) is 14.7 Å².